The van der Waals surface area contributed by atoms with Gasteiger partial charge in [-0.2, -0.15) is 0 Å². The van der Waals surface area contributed by atoms with Crippen molar-refractivity contribution in [3.05, 3.63) is 53.7 Å². The van der Waals surface area contributed by atoms with Crippen LogP contribution >= 0.6 is 9.24 Å². The van der Waals surface area contributed by atoms with Crippen molar-refractivity contribution in [3.63, 3.8) is 0 Å². The molecule has 2 aromatic carbocycles. The fourth-order valence-electron chi connectivity index (χ4n) is 5.25. The van der Waals surface area contributed by atoms with E-state index in [-0.39, 0.29) is 22.4 Å². The molecule has 3 heterocycles. The lowest BCUT2D eigenvalue weighted by molar-refractivity contribution is 0.101. The number of hydrogen-bond acceptors (Lipinski definition) is 10. The second-order valence-electron chi connectivity index (χ2n) is 10.3. The summed E-state index contributed by atoms with van der Waals surface area (Å²) in [4.78, 5) is 24.8. The number of ketones is 1. The standard InChI is InChI=1S/C30H36FN6O4P/c1-6-36-9-11-37(12-10-36)17-7-8-20(19(32)13-17)34-24-14-18-23(16-33-24)41-29(27(18)35(2)3)28(38)25-26(31)21(39-4)15-22(40-5)30(25)42/h7-8,13-16H,6,9-12,32,42H2,1-5H3,(H,33,34). The summed E-state index contributed by atoms with van der Waals surface area (Å²) in [6.45, 7) is 7.21. The predicted molar refractivity (Wildman–Crippen MR) is 169 cm³/mol. The van der Waals surface area contributed by atoms with E-state index >= 15 is 4.39 Å². The fraction of sp³-hybridized carbons (Fsp3) is 0.333. The third kappa shape index (κ3) is 5.42. The van der Waals surface area contributed by atoms with E-state index in [2.05, 4.69) is 42.3 Å². The van der Waals surface area contributed by atoms with Crippen molar-refractivity contribution in [3.8, 4) is 11.5 Å². The molecule has 0 spiro atoms. The molecule has 5 rings (SSSR count). The van der Waals surface area contributed by atoms with E-state index in [1.54, 1.807) is 25.1 Å². The van der Waals surface area contributed by atoms with Gasteiger partial charge in [-0.25, -0.2) is 9.37 Å². The van der Waals surface area contributed by atoms with E-state index < -0.39 is 11.6 Å². The molecule has 0 aliphatic carbocycles. The highest BCUT2D eigenvalue weighted by Crippen LogP contribution is 2.38. The van der Waals surface area contributed by atoms with Crippen LogP contribution < -0.4 is 35.6 Å². The zero-order chi connectivity index (χ0) is 30.1. The van der Waals surface area contributed by atoms with Gasteiger partial charge in [-0.05, 0) is 30.8 Å². The van der Waals surface area contributed by atoms with Crippen LogP contribution in [0, 0.1) is 5.82 Å². The number of nitrogen functional groups attached to an aromatic ring is 1. The highest BCUT2D eigenvalue weighted by atomic mass is 31.0. The van der Waals surface area contributed by atoms with Gasteiger partial charge >= 0.3 is 0 Å². The maximum atomic E-state index is 15.4. The van der Waals surface area contributed by atoms with Crippen molar-refractivity contribution in [2.24, 2.45) is 0 Å². The number of halogens is 1. The third-order valence-corrected chi connectivity index (χ3v) is 8.16. The molecule has 10 nitrogen and oxygen atoms in total. The number of nitrogens with zero attached hydrogens (tertiary/aromatic N) is 4. The Morgan fingerprint density at radius 1 is 1.14 bits per heavy atom. The van der Waals surface area contributed by atoms with Crippen molar-refractivity contribution in [2.45, 2.75) is 6.92 Å². The van der Waals surface area contributed by atoms with E-state index in [1.807, 2.05) is 12.1 Å². The average Bonchev–Trinajstić information content (AvgIpc) is 3.38. The number of piperazine rings is 1. The number of furan rings is 1. The lowest BCUT2D eigenvalue weighted by atomic mass is 10.0. The van der Waals surface area contributed by atoms with Crippen LogP contribution in [-0.2, 0) is 0 Å². The molecule has 1 aliphatic heterocycles. The van der Waals surface area contributed by atoms with Crippen LogP contribution in [0.25, 0.3) is 11.0 Å². The quantitative estimate of drug-likeness (QED) is 0.166. The number of likely N-dealkylation sites (N-methyl/N-ethyl adjacent to an activating group) is 1. The molecule has 0 bridgehead atoms. The zero-order valence-corrected chi connectivity index (χ0v) is 25.6. The topological polar surface area (TPSA) is 109 Å². The number of nitrogens with two attached hydrogens (primary N) is 1. The van der Waals surface area contributed by atoms with Gasteiger partial charge in [0.05, 0.1) is 43.0 Å². The van der Waals surface area contributed by atoms with Crippen molar-refractivity contribution < 1.29 is 23.1 Å². The Hall–Kier alpha value is -4.08. The molecule has 4 aromatic rings. The summed E-state index contributed by atoms with van der Waals surface area (Å²) < 4.78 is 31.9. The third-order valence-electron chi connectivity index (χ3n) is 7.59. The van der Waals surface area contributed by atoms with Crippen LogP contribution in [0.5, 0.6) is 11.5 Å². The molecular weight excluding hydrogens is 558 g/mol. The van der Waals surface area contributed by atoms with Crippen molar-refractivity contribution in [1.82, 2.24) is 9.88 Å². The number of methoxy groups -OCH3 is 2. The Kier molecular flexibility index (Phi) is 8.43. The summed E-state index contributed by atoms with van der Waals surface area (Å²) >= 11 is 0. The highest BCUT2D eigenvalue weighted by molar-refractivity contribution is 7.28. The van der Waals surface area contributed by atoms with E-state index in [0.29, 0.717) is 39.6 Å². The molecule has 1 aliphatic rings. The number of aromatic nitrogens is 1. The van der Waals surface area contributed by atoms with Crippen molar-refractivity contribution >= 4 is 59.9 Å². The number of carbonyl (C=O) groups is 1. The van der Waals surface area contributed by atoms with Crippen LogP contribution in [0.2, 0.25) is 0 Å². The van der Waals surface area contributed by atoms with Gasteiger partial charge in [-0.15, -0.1) is 9.24 Å². The van der Waals surface area contributed by atoms with E-state index in [1.165, 1.54) is 26.5 Å². The first-order chi connectivity index (χ1) is 20.2. The minimum Gasteiger partial charge on any atom is -0.496 e. The number of pyridine rings is 1. The molecule has 0 saturated carbocycles. The number of fused-ring (bicyclic) bond motifs is 1. The summed E-state index contributed by atoms with van der Waals surface area (Å²) in [6.07, 6.45) is 1.53. The monoisotopic (exact) mass is 594 g/mol. The number of benzene rings is 2. The fourth-order valence-corrected chi connectivity index (χ4v) is 5.71. The molecule has 1 atom stereocenters. The van der Waals surface area contributed by atoms with Gasteiger partial charge in [0, 0.05) is 62.7 Å². The predicted octanol–water partition coefficient (Wildman–Crippen LogP) is 4.25. The van der Waals surface area contributed by atoms with Gasteiger partial charge in [-0.1, -0.05) is 6.92 Å². The maximum absolute atomic E-state index is 15.4. The second-order valence-corrected chi connectivity index (χ2v) is 10.8. The number of nitrogens with one attached hydrogen (secondary N) is 1. The Bertz CT molecular complexity index is 1610. The number of rotatable bonds is 9. The molecule has 222 valence electrons. The lowest BCUT2D eigenvalue weighted by Crippen LogP contribution is -2.46. The Balaban J connectivity index is 1.47. The van der Waals surface area contributed by atoms with E-state index in [9.17, 15) is 4.79 Å². The molecule has 0 amide bonds. The van der Waals surface area contributed by atoms with E-state index in [0.717, 1.165) is 38.4 Å². The molecule has 0 radical (unpaired) electrons. The SMILES string of the molecule is CCN1CCN(c2ccc(Nc3cc4c(N(C)C)c(C(=O)c5c(F)c(OC)cc(OC)c5P)oc4cn3)c(N)c2)CC1. The van der Waals surface area contributed by atoms with E-state index in [4.69, 9.17) is 19.6 Å². The summed E-state index contributed by atoms with van der Waals surface area (Å²) in [5.74, 6) is -0.775. The summed E-state index contributed by atoms with van der Waals surface area (Å²) in [5, 5.41) is 4.18. The van der Waals surface area contributed by atoms with Crippen molar-refractivity contribution in [1.29, 1.82) is 0 Å². The molecule has 1 unspecified atom stereocenters. The molecule has 12 heteroatoms. The van der Waals surface area contributed by atoms with Gasteiger partial charge in [-0.3, -0.25) is 4.79 Å². The maximum Gasteiger partial charge on any atom is 0.234 e. The van der Waals surface area contributed by atoms with Crippen LogP contribution in [0.3, 0.4) is 0 Å². The van der Waals surface area contributed by atoms with Crippen LogP contribution in [-0.4, -0.2) is 76.7 Å². The Morgan fingerprint density at radius 2 is 1.86 bits per heavy atom. The molecule has 1 saturated heterocycles. The zero-order valence-electron chi connectivity index (χ0n) is 24.5. The molecule has 2 aromatic heterocycles. The Labute approximate surface area is 246 Å². The first kappa shape index (κ1) is 29.4. The highest BCUT2D eigenvalue weighted by Gasteiger charge is 2.30. The first-order valence-corrected chi connectivity index (χ1v) is 14.2. The summed E-state index contributed by atoms with van der Waals surface area (Å²) in [7, 11) is 8.72. The number of carbonyl (C=O) groups excluding carboxylic acids is 1. The Morgan fingerprint density at radius 3 is 2.48 bits per heavy atom. The van der Waals surface area contributed by atoms with Gasteiger partial charge in [0.2, 0.25) is 5.78 Å². The van der Waals surface area contributed by atoms with Gasteiger partial charge in [0.15, 0.2) is 22.9 Å². The number of ether oxygens (including phenoxy) is 2. The van der Waals surface area contributed by atoms with Crippen molar-refractivity contribution in [2.75, 3.05) is 81.9 Å². The van der Waals surface area contributed by atoms with Gasteiger partial charge in [0.25, 0.3) is 0 Å². The van der Waals surface area contributed by atoms with Crippen LogP contribution in [0.4, 0.5) is 33.0 Å². The number of anilines is 5. The number of hydrogen-bond donors (Lipinski definition) is 2. The molecule has 3 N–H and O–H groups in total. The first-order valence-electron chi connectivity index (χ1n) is 13.6. The van der Waals surface area contributed by atoms with Gasteiger partial charge < -0.3 is 39.6 Å². The largest absolute Gasteiger partial charge is 0.496 e. The summed E-state index contributed by atoms with van der Waals surface area (Å²) in [5.41, 5.74) is 9.49. The minimum atomic E-state index is -0.801. The lowest BCUT2D eigenvalue weighted by Gasteiger charge is -2.35. The minimum absolute atomic E-state index is 0.0288. The second kappa shape index (κ2) is 12.0. The van der Waals surface area contributed by atoms with Gasteiger partial charge in [0.1, 0.15) is 11.6 Å². The molecule has 42 heavy (non-hydrogen) atoms. The molecular formula is C30H36FN6O4P. The normalized spacial score (nSPS) is 13.8. The summed E-state index contributed by atoms with van der Waals surface area (Å²) in [6, 6.07) is 9.15. The van der Waals surface area contributed by atoms with Crippen LogP contribution in [0.1, 0.15) is 23.0 Å². The molecule has 1 fully saturated rings. The van der Waals surface area contributed by atoms with Crippen LogP contribution in [0.15, 0.2) is 40.9 Å². The smallest absolute Gasteiger partial charge is 0.234 e. The average molecular weight is 595 g/mol.